The van der Waals surface area contributed by atoms with Crippen molar-refractivity contribution < 1.29 is 4.79 Å². The molecule has 0 radical (unpaired) electrons. The molecule has 0 saturated carbocycles. The van der Waals surface area contributed by atoms with E-state index in [-0.39, 0.29) is 5.91 Å². The van der Waals surface area contributed by atoms with Crippen molar-refractivity contribution in [3.63, 3.8) is 0 Å². The fraction of sp³-hybridized carbons (Fsp3) is 0.273. The molecule has 1 N–H and O–H groups in total. The first-order valence-electron chi connectivity index (χ1n) is 9.77. The van der Waals surface area contributed by atoms with Crippen molar-refractivity contribution in [2.45, 2.75) is 13.5 Å². The Bertz CT molecular complexity index is 935. The summed E-state index contributed by atoms with van der Waals surface area (Å²) in [5.74, 6) is 1.52. The fourth-order valence-electron chi connectivity index (χ4n) is 3.28. The maximum Gasteiger partial charge on any atom is 0.274 e. The summed E-state index contributed by atoms with van der Waals surface area (Å²) >= 11 is 0. The highest BCUT2D eigenvalue weighted by atomic mass is 16.2. The van der Waals surface area contributed by atoms with Crippen LogP contribution in [0.3, 0.4) is 0 Å². The van der Waals surface area contributed by atoms with E-state index in [2.05, 4.69) is 56.6 Å². The van der Waals surface area contributed by atoms with Crippen LogP contribution in [-0.4, -0.2) is 52.2 Å². The van der Waals surface area contributed by atoms with Crippen molar-refractivity contribution in [3.05, 3.63) is 77.6 Å². The molecule has 29 heavy (non-hydrogen) atoms. The Kier molecular flexibility index (Phi) is 5.65. The van der Waals surface area contributed by atoms with Crippen molar-refractivity contribution >= 4 is 17.5 Å². The molecule has 0 unspecified atom stereocenters. The number of pyridine rings is 1. The molecule has 0 spiro atoms. The maximum atomic E-state index is 12.7. The summed E-state index contributed by atoms with van der Waals surface area (Å²) in [5, 5.41) is 11.5. The number of nitrogens with zero attached hydrogens (tertiary/aromatic N) is 5. The lowest BCUT2D eigenvalue weighted by molar-refractivity contribution is 0.0739. The van der Waals surface area contributed by atoms with Crippen molar-refractivity contribution in [1.29, 1.82) is 0 Å². The van der Waals surface area contributed by atoms with Crippen LogP contribution in [0.15, 0.2) is 60.8 Å². The van der Waals surface area contributed by atoms with E-state index in [4.69, 9.17) is 0 Å². The lowest BCUT2D eigenvalue weighted by Crippen LogP contribution is -2.49. The molecule has 0 atom stereocenters. The average molecular weight is 388 g/mol. The standard InChI is InChI=1S/C22H24N6O/c1-17-5-7-18(8-6-17)16-24-20-10-9-19(25-26-20)22(29)28-14-12-27(13-15-28)21-4-2-3-11-23-21/h2-11H,12-16H2,1H3,(H,24,26). The molecule has 1 aliphatic heterocycles. The molecule has 0 aliphatic carbocycles. The van der Waals surface area contributed by atoms with Crippen molar-refractivity contribution in [3.8, 4) is 0 Å². The molecule has 148 valence electrons. The third-order valence-corrected chi connectivity index (χ3v) is 5.02. The van der Waals surface area contributed by atoms with E-state index >= 15 is 0 Å². The normalized spacial score (nSPS) is 14.0. The summed E-state index contributed by atoms with van der Waals surface area (Å²) in [5.41, 5.74) is 2.78. The second-order valence-electron chi connectivity index (χ2n) is 7.11. The first kappa shape index (κ1) is 18.9. The molecule has 3 aromatic rings. The first-order valence-corrected chi connectivity index (χ1v) is 9.77. The molecule has 1 aliphatic rings. The smallest absolute Gasteiger partial charge is 0.274 e. The zero-order valence-electron chi connectivity index (χ0n) is 16.5. The van der Waals surface area contributed by atoms with Gasteiger partial charge in [0.1, 0.15) is 11.6 Å². The summed E-state index contributed by atoms with van der Waals surface area (Å²) in [6.45, 7) is 5.53. The third-order valence-electron chi connectivity index (χ3n) is 5.02. The number of hydrogen-bond donors (Lipinski definition) is 1. The lowest BCUT2D eigenvalue weighted by atomic mass is 10.1. The molecular weight excluding hydrogens is 364 g/mol. The highest BCUT2D eigenvalue weighted by Crippen LogP contribution is 2.14. The van der Waals surface area contributed by atoms with Crippen molar-refractivity contribution in [1.82, 2.24) is 20.1 Å². The van der Waals surface area contributed by atoms with Crippen LogP contribution in [0.2, 0.25) is 0 Å². The SMILES string of the molecule is Cc1ccc(CNc2ccc(C(=O)N3CCN(c4ccccn4)CC3)nn2)cc1. The molecule has 1 fully saturated rings. The molecule has 1 aromatic carbocycles. The predicted molar refractivity (Wildman–Crippen MR) is 113 cm³/mol. The van der Waals surface area contributed by atoms with E-state index < -0.39 is 0 Å². The second-order valence-corrected chi connectivity index (χ2v) is 7.11. The quantitative estimate of drug-likeness (QED) is 0.724. The largest absolute Gasteiger partial charge is 0.365 e. The predicted octanol–water partition coefficient (Wildman–Crippen LogP) is 2.75. The van der Waals surface area contributed by atoms with Crippen LogP contribution in [0.1, 0.15) is 21.6 Å². The van der Waals surface area contributed by atoms with Gasteiger partial charge in [-0.25, -0.2) is 4.98 Å². The molecule has 3 heterocycles. The highest BCUT2D eigenvalue weighted by molar-refractivity contribution is 5.92. The van der Waals surface area contributed by atoms with E-state index in [1.165, 1.54) is 11.1 Å². The number of amides is 1. The summed E-state index contributed by atoms with van der Waals surface area (Å²) < 4.78 is 0. The van der Waals surface area contributed by atoms with Crippen molar-refractivity contribution in [2.75, 3.05) is 36.4 Å². The number of carbonyl (C=O) groups is 1. The summed E-state index contributed by atoms with van der Waals surface area (Å²) in [4.78, 5) is 21.1. The minimum absolute atomic E-state index is 0.0803. The molecule has 1 saturated heterocycles. The van der Waals surface area contributed by atoms with Gasteiger partial charge in [0.25, 0.3) is 5.91 Å². The Morgan fingerprint density at radius 1 is 0.966 bits per heavy atom. The highest BCUT2D eigenvalue weighted by Gasteiger charge is 2.23. The number of piperazine rings is 1. The van der Waals surface area contributed by atoms with Crippen LogP contribution in [0, 0.1) is 6.92 Å². The van der Waals surface area contributed by atoms with Gasteiger partial charge in [-0.15, -0.1) is 10.2 Å². The topological polar surface area (TPSA) is 74.2 Å². The van der Waals surface area contributed by atoms with Crippen LogP contribution in [0.5, 0.6) is 0 Å². The Morgan fingerprint density at radius 3 is 2.41 bits per heavy atom. The van der Waals surface area contributed by atoms with Crippen LogP contribution >= 0.6 is 0 Å². The Labute approximate surface area is 170 Å². The van der Waals surface area contributed by atoms with Gasteiger partial charge < -0.3 is 15.1 Å². The van der Waals surface area contributed by atoms with Crippen LogP contribution in [-0.2, 0) is 6.54 Å². The number of carbonyl (C=O) groups excluding carboxylic acids is 1. The number of rotatable bonds is 5. The molecule has 7 nitrogen and oxygen atoms in total. The zero-order chi connectivity index (χ0) is 20.1. The number of nitrogens with one attached hydrogen (secondary N) is 1. The zero-order valence-corrected chi connectivity index (χ0v) is 16.5. The monoisotopic (exact) mass is 388 g/mol. The van der Waals surface area contributed by atoms with Gasteiger partial charge in [-0.2, -0.15) is 0 Å². The molecule has 0 bridgehead atoms. The van der Waals surface area contributed by atoms with Gasteiger partial charge >= 0.3 is 0 Å². The summed E-state index contributed by atoms with van der Waals surface area (Å²) in [6, 6.07) is 17.7. The van der Waals surface area contributed by atoms with Gasteiger partial charge in [0, 0.05) is 38.9 Å². The Morgan fingerprint density at radius 2 is 1.76 bits per heavy atom. The van der Waals surface area contributed by atoms with Gasteiger partial charge in [-0.3, -0.25) is 4.79 Å². The third kappa shape index (κ3) is 4.68. The van der Waals surface area contributed by atoms with E-state index in [9.17, 15) is 4.79 Å². The minimum atomic E-state index is -0.0803. The Hall–Kier alpha value is -3.48. The lowest BCUT2D eigenvalue weighted by Gasteiger charge is -2.35. The van der Waals surface area contributed by atoms with Crippen LogP contribution in [0.4, 0.5) is 11.6 Å². The summed E-state index contributed by atoms with van der Waals surface area (Å²) in [6.07, 6.45) is 1.79. The number of aryl methyl sites for hydroxylation is 1. The van der Waals surface area contributed by atoms with Crippen LogP contribution in [0.25, 0.3) is 0 Å². The second kappa shape index (κ2) is 8.68. The van der Waals surface area contributed by atoms with E-state index in [0.717, 1.165) is 18.9 Å². The summed E-state index contributed by atoms with van der Waals surface area (Å²) in [7, 11) is 0. The molecule has 4 rings (SSSR count). The number of aromatic nitrogens is 3. The van der Waals surface area contributed by atoms with E-state index in [1.807, 2.05) is 23.1 Å². The number of anilines is 2. The van der Waals surface area contributed by atoms with Crippen LogP contribution < -0.4 is 10.2 Å². The van der Waals surface area contributed by atoms with Crippen molar-refractivity contribution in [2.24, 2.45) is 0 Å². The van der Waals surface area contributed by atoms with Gasteiger partial charge in [0.15, 0.2) is 5.69 Å². The molecule has 7 heteroatoms. The fourth-order valence-corrected chi connectivity index (χ4v) is 3.28. The first-order chi connectivity index (χ1) is 14.2. The van der Waals surface area contributed by atoms with Gasteiger partial charge in [0.2, 0.25) is 0 Å². The maximum absolute atomic E-state index is 12.7. The minimum Gasteiger partial charge on any atom is -0.365 e. The average Bonchev–Trinajstić information content (AvgIpc) is 2.79. The molecular formula is C22H24N6O. The van der Waals surface area contributed by atoms with E-state index in [0.29, 0.717) is 31.1 Å². The molecule has 1 amide bonds. The number of hydrogen-bond acceptors (Lipinski definition) is 6. The molecule has 2 aromatic heterocycles. The van der Waals surface area contributed by atoms with Gasteiger partial charge in [-0.1, -0.05) is 35.9 Å². The van der Waals surface area contributed by atoms with Gasteiger partial charge in [0.05, 0.1) is 0 Å². The number of benzene rings is 1. The Balaban J connectivity index is 1.31. The van der Waals surface area contributed by atoms with Gasteiger partial charge in [-0.05, 0) is 36.8 Å². The van der Waals surface area contributed by atoms with E-state index in [1.54, 1.807) is 18.3 Å².